The number of amides is 1. The van der Waals surface area contributed by atoms with E-state index in [2.05, 4.69) is 5.32 Å². The highest BCUT2D eigenvalue weighted by Gasteiger charge is 2.16. The first kappa shape index (κ1) is 9.43. The SMILES string of the molecule is CC.CCN1CNCC1=O. The molecule has 1 aliphatic heterocycles. The van der Waals surface area contributed by atoms with E-state index < -0.39 is 0 Å². The Morgan fingerprint density at radius 3 is 2.40 bits per heavy atom. The standard InChI is InChI=1S/C5H10N2O.C2H6/c1-2-7-4-6-3-5(7)8;1-2/h6H,2-4H2,1H3;1-2H3. The van der Waals surface area contributed by atoms with Crippen molar-refractivity contribution >= 4 is 5.91 Å². The summed E-state index contributed by atoms with van der Waals surface area (Å²) < 4.78 is 0. The average molecular weight is 144 g/mol. The molecule has 0 spiro atoms. The molecule has 0 aromatic heterocycles. The summed E-state index contributed by atoms with van der Waals surface area (Å²) in [6.45, 7) is 8.06. The largest absolute Gasteiger partial charge is 0.329 e. The molecule has 10 heavy (non-hydrogen) atoms. The second-order valence-corrected chi connectivity index (χ2v) is 1.83. The van der Waals surface area contributed by atoms with Crippen LogP contribution in [0.2, 0.25) is 0 Å². The normalized spacial score (nSPS) is 16.7. The van der Waals surface area contributed by atoms with Gasteiger partial charge in [0.1, 0.15) is 0 Å². The van der Waals surface area contributed by atoms with Gasteiger partial charge in [0.15, 0.2) is 0 Å². The van der Waals surface area contributed by atoms with Crippen molar-refractivity contribution in [2.75, 3.05) is 19.8 Å². The van der Waals surface area contributed by atoms with Gasteiger partial charge < -0.3 is 4.90 Å². The lowest BCUT2D eigenvalue weighted by Gasteiger charge is -2.08. The highest BCUT2D eigenvalue weighted by molar-refractivity contribution is 5.79. The second-order valence-electron chi connectivity index (χ2n) is 1.83. The van der Waals surface area contributed by atoms with Crippen LogP contribution in [0.25, 0.3) is 0 Å². The first-order valence-corrected chi connectivity index (χ1v) is 3.83. The molecule has 0 bridgehead atoms. The van der Waals surface area contributed by atoms with Crippen LogP contribution in [0, 0.1) is 0 Å². The van der Waals surface area contributed by atoms with Crippen molar-refractivity contribution in [1.82, 2.24) is 10.2 Å². The van der Waals surface area contributed by atoms with Gasteiger partial charge in [0.05, 0.1) is 13.2 Å². The van der Waals surface area contributed by atoms with Gasteiger partial charge in [0, 0.05) is 6.54 Å². The Morgan fingerprint density at radius 2 is 2.20 bits per heavy atom. The third-order valence-corrected chi connectivity index (χ3v) is 1.31. The third-order valence-electron chi connectivity index (χ3n) is 1.31. The van der Waals surface area contributed by atoms with E-state index in [4.69, 9.17) is 0 Å². The summed E-state index contributed by atoms with van der Waals surface area (Å²) in [5, 5.41) is 2.95. The predicted molar refractivity (Wildman–Crippen MR) is 41.6 cm³/mol. The molecular formula is C7H16N2O. The molecule has 0 aliphatic carbocycles. The Kier molecular flexibility index (Phi) is 4.94. The topological polar surface area (TPSA) is 32.3 Å². The van der Waals surface area contributed by atoms with Crippen molar-refractivity contribution in [3.63, 3.8) is 0 Å². The summed E-state index contributed by atoms with van der Waals surface area (Å²) >= 11 is 0. The molecule has 0 radical (unpaired) electrons. The van der Waals surface area contributed by atoms with Crippen LogP contribution in [0.3, 0.4) is 0 Å². The number of rotatable bonds is 1. The average Bonchev–Trinajstić information content (AvgIpc) is 2.39. The zero-order valence-electron chi connectivity index (χ0n) is 6.98. The molecule has 3 nitrogen and oxygen atoms in total. The van der Waals surface area contributed by atoms with Crippen molar-refractivity contribution in [2.24, 2.45) is 0 Å². The lowest BCUT2D eigenvalue weighted by molar-refractivity contribution is -0.126. The summed E-state index contributed by atoms with van der Waals surface area (Å²) in [6.07, 6.45) is 0. The van der Waals surface area contributed by atoms with E-state index in [1.54, 1.807) is 4.90 Å². The zero-order chi connectivity index (χ0) is 7.98. The molecule has 1 heterocycles. The minimum Gasteiger partial charge on any atom is -0.329 e. The molecule has 1 saturated heterocycles. The van der Waals surface area contributed by atoms with E-state index in [1.165, 1.54) is 0 Å². The molecule has 0 aromatic rings. The van der Waals surface area contributed by atoms with Crippen LogP contribution < -0.4 is 5.32 Å². The fourth-order valence-electron chi connectivity index (χ4n) is 0.786. The number of hydrogen-bond acceptors (Lipinski definition) is 2. The van der Waals surface area contributed by atoms with Crippen LogP contribution in [-0.2, 0) is 4.79 Å². The number of hydrogen-bond donors (Lipinski definition) is 1. The van der Waals surface area contributed by atoms with Crippen LogP contribution in [0.15, 0.2) is 0 Å². The zero-order valence-corrected chi connectivity index (χ0v) is 6.98. The molecule has 0 unspecified atom stereocenters. The Hall–Kier alpha value is -0.570. The first-order valence-electron chi connectivity index (χ1n) is 3.83. The minimum atomic E-state index is 0.215. The van der Waals surface area contributed by atoms with Crippen LogP contribution in [0.5, 0.6) is 0 Å². The number of nitrogens with one attached hydrogen (secondary N) is 1. The second kappa shape index (κ2) is 5.23. The molecular weight excluding hydrogens is 128 g/mol. The van der Waals surface area contributed by atoms with E-state index in [0.29, 0.717) is 6.54 Å². The Labute approximate surface area is 62.4 Å². The maximum atomic E-state index is 10.7. The molecule has 1 fully saturated rings. The molecule has 1 aliphatic rings. The fourth-order valence-corrected chi connectivity index (χ4v) is 0.786. The number of carbonyl (C=O) groups is 1. The van der Waals surface area contributed by atoms with Crippen molar-refractivity contribution in [3.05, 3.63) is 0 Å². The molecule has 60 valence electrons. The quantitative estimate of drug-likeness (QED) is 0.578. The van der Waals surface area contributed by atoms with Gasteiger partial charge in [-0.15, -0.1) is 0 Å². The minimum absolute atomic E-state index is 0.215. The lowest BCUT2D eigenvalue weighted by Crippen LogP contribution is -2.25. The van der Waals surface area contributed by atoms with E-state index in [0.717, 1.165) is 13.2 Å². The monoisotopic (exact) mass is 144 g/mol. The fraction of sp³-hybridized carbons (Fsp3) is 0.857. The third kappa shape index (κ3) is 2.35. The summed E-state index contributed by atoms with van der Waals surface area (Å²) in [7, 11) is 0. The lowest BCUT2D eigenvalue weighted by atomic mass is 10.5. The van der Waals surface area contributed by atoms with Crippen molar-refractivity contribution in [3.8, 4) is 0 Å². The van der Waals surface area contributed by atoms with Crippen LogP contribution in [0.1, 0.15) is 20.8 Å². The number of carbonyl (C=O) groups excluding carboxylic acids is 1. The molecule has 1 rings (SSSR count). The Balaban J connectivity index is 0.000000371. The Bertz CT molecular complexity index is 104. The predicted octanol–water partition coefficient (Wildman–Crippen LogP) is 0.422. The van der Waals surface area contributed by atoms with Crippen molar-refractivity contribution < 1.29 is 4.79 Å². The smallest absolute Gasteiger partial charge is 0.237 e. The van der Waals surface area contributed by atoms with Crippen LogP contribution in [0.4, 0.5) is 0 Å². The maximum Gasteiger partial charge on any atom is 0.237 e. The molecule has 1 amide bonds. The molecule has 0 aromatic carbocycles. The molecule has 3 heteroatoms. The van der Waals surface area contributed by atoms with E-state index in [9.17, 15) is 4.79 Å². The van der Waals surface area contributed by atoms with E-state index in [1.807, 2.05) is 20.8 Å². The van der Waals surface area contributed by atoms with Gasteiger partial charge in [0.25, 0.3) is 0 Å². The highest BCUT2D eigenvalue weighted by atomic mass is 16.2. The summed E-state index contributed by atoms with van der Waals surface area (Å²) in [6, 6.07) is 0. The van der Waals surface area contributed by atoms with Gasteiger partial charge in [0.2, 0.25) is 5.91 Å². The Morgan fingerprint density at radius 1 is 1.60 bits per heavy atom. The number of nitrogens with zero attached hydrogens (tertiary/aromatic N) is 1. The van der Waals surface area contributed by atoms with Gasteiger partial charge in [-0.3, -0.25) is 10.1 Å². The first-order chi connectivity index (χ1) is 4.84. The van der Waals surface area contributed by atoms with Gasteiger partial charge in [-0.05, 0) is 6.92 Å². The van der Waals surface area contributed by atoms with Crippen molar-refractivity contribution in [2.45, 2.75) is 20.8 Å². The molecule has 0 atom stereocenters. The van der Waals surface area contributed by atoms with Gasteiger partial charge in [-0.1, -0.05) is 13.8 Å². The van der Waals surface area contributed by atoms with Gasteiger partial charge in [-0.2, -0.15) is 0 Å². The van der Waals surface area contributed by atoms with Crippen LogP contribution >= 0.6 is 0 Å². The summed E-state index contributed by atoms with van der Waals surface area (Å²) in [4.78, 5) is 12.4. The summed E-state index contributed by atoms with van der Waals surface area (Å²) in [5.74, 6) is 0.215. The number of likely N-dealkylation sites (N-methyl/N-ethyl adjacent to an activating group) is 1. The van der Waals surface area contributed by atoms with E-state index in [-0.39, 0.29) is 5.91 Å². The summed E-state index contributed by atoms with van der Waals surface area (Å²) in [5.41, 5.74) is 0. The van der Waals surface area contributed by atoms with Gasteiger partial charge in [-0.25, -0.2) is 0 Å². The maximum absolute atomic E-state index is 10.7. The van der Waals surface area contributed by atoms with Crippen LogP contribution in [-0.4, -0.2) is 30.6 Å². The molecule has 1 N–H and O–H groups in total. The molecule has 0 saturated carbocycles. The van der Waals surface area contributed by atoms with E-state index >= 15 is 0 Å². The van der Waals surface area contributed by atoms with Gasteiger partial charge >= 0.3 is 0 Å². The van der Waals surface area contributed by atoms with Crippen molar-refractivity contribution in [1.29, 1.82) is 0 Å². The highest BCUT2D eigenvalue weighted by Crippen LogP contribution is 1.91.